The maximum atomic E-state index is 12.8. The van der Waals surface area contributed by atoms with E-state index in [1.54, 1.807) is 0 Å². The number of phosphoric ester groups is 1. The largest absolute Gasteiger partial charge is 0.472 e. The summed E-state index contributed by atoms with van der Waals surface area (Å²) in [6.45, 7) is 3.18. The van der Waals surface area contributed by atoms with E-state index in [0.29, 0.717) is 12.8 Å². The van der Waals surface area contributed by atoms with Gasteiger partial charge in [-0.25, -0.2) is 9.36 Å². The minimum atomic E-state index is -4.67. The summed E-state index contributed by atoms with van der Waals surface area (Å²) in [5.41, 5.74) is 0. The van der Waals surface area contributed by atoms with Gasteiger partial charge in [0.1, 0.15) is 13.2 Å². The highest BCUT2D eigenvalue weighted by atomic mass is 31.2. The molecule has 4 amide bonds. The SMILES string of the molecule is C.CCCCCCCCCCCCCCCCCC(=O)OC[C@H](COP(=O)(O)OCCNC(=O)OCCOCCNC(=O)CCN1C(=O)C=CC1=O)OC(=O)CCCCCCCCCCCCCCCCC. The fraction of sp³-hybridized carbons (Fsp3) is 0.852. The molecule has 1 unspecified atom stereocenters. The molecule has 1 heterocycles. The summed E-state index contributed by atoms with van der Waals surface area (Å²) in [6.07, 6.45) is 37.0. The first kappa shape index (κ1) is 68.6. The van der Waals surface area contributed by atoms with Gasteiger partial charge in [-0.2, -0.15) is 0 Å². The van der Waals surface area contributed by atoms with Crippen LogP contribution in [0, 0.1) is 0 Å². The molecule has 1 rings (SSSR count). The first-order chi connectivity index (χ1) is 34.5. The van der Waals surface area contributed by atoms with Gasteiger partial charge in [-0.1, -0.05) is 201 Å². The van der Waals surface area contributed by atoms with Crippen molar-refractivity contribution in [1.82, 2.24) is 15.5 Å². The summed E-state index contributed by atoms with van der Waals surface area (Å²) in [5.74, 6) is -2.23. The Morgan fingerprint density at radius 1 is 0.528 bits per heavy atom. The maximum absolute atomic E-state index is 12.8. The first-order valence-electron chi connectivity index (χ1n) is 27.7. The maximum Gasteiger partial charge on any atom is 0.472 e. The van der Waals surface area contributed by atoms with Crippen LogP contribution in [-0.2, 0) is 56.5 Å². The van der Waals surface area contributed by atoms with Crippen LogP contribution in [0.25, 0.3) is 0 Å². The molecule has 1 aliphatic heterocycles. The number of hydrogen-bond acceptors (Lipinski definition) is 13. The zero-order chi connectivity index (χ0) is 51.9. The third-order valence-corrected chi connectivity index (χ3v) is 13.2. The van der Waals surface area contributed by atoms with Crippen LogP contribution in [0.5, 0.6) is 0 Å². The van der Waals surface area contributed by atoms with Gasteiger partial charge in [0.05, 0.1) is 26.4 Å². The Kier molecular flexibility index (Phi) is 46.3. The van der Waals surface area contributed by atoms with Crippen molar-refractivity contribution >= 4 is 43.6 Å². The quantitative estimate of drug-likeness (QED) is 0.0170. The number of ether oxygens (including phenoxy) is 4. The predicted molar refractivity (Wildman–Crippen MR) is 282 cm³/mol. The molecule has 1 aliphatic rings. The highest BCUT2D eigenvalue weighted by molar-refractivity contribution is 7.47. The van der Waals surface area contributed by atoms with Gasteiger partial charge in [0.15, 0.2) is 6.10 Å². The van der Waals surface area contributed by atoms with Crippen molar-refractivity contribution in [2.45, 2.75) is 239 Å². The van der Waals surface area contributed by atoms with Crippen LogP contribution in [-0.4, -0.2) is 111 Å². The van der Waals surface area contributed by atoms with Crippen LogP contribution < -0.4 is 10.6 Å². The molecule has 0 spiro atoms. The average Bonchev–Trinajstić information content (AvgIpc) is 3.67. The van der Waals surface area contributed by atoms with E-state index >= 15 is 0 Å². The minimum absolute atomic E-state index is 0. The molecule has 18 heteroatoms. The van der Waals surface area contributed by atoms with Gasteiger partial charge in [0, 0.05) is 51.0 Å². The molecule has 0 saturated carbocycles. The van der Waals surface area contributed by atoms with Gasteiger partial charge in [-0.15, -0.1) is 0 Å². The number of alkyl carbamates (subject to hydrolysis) is 1. The second-order valence-electron chi connectivity index (χ2n) is 18.7. The smallest absolute Gasteiger partial charge is 0.462 e. The minimum Gasteiger partial charge on any atom is -0.462 e. The summed E-state index contributed by atoms with van der Waals surface area (Å²) in [6, 6.07) is 0. The molecule has 0 radical (unpaired) electrons. The van der Waals surface area contributed by atoms with Crippen LogP contribution in [0.1, 0.15) is 233 Å². The zero-order valence-corrected chi connectivity index (χ0v) is 45.0. The Morgan fingerprint density at radius 3 is 1.43 bits per heavy atom. The summed E-state index contributed by atoms with van der Waals surface area (Å²) in [7, 11) is -4.67. The lowest BCUT2D eigenvalue weighted by molar-refractivity contribution is -0.161. The van der Waals surface area contributed by atoms with E-state index in [9.17, 15) is 38.2 Å². The molecule has 0 fully saturated rings. The van der Waals surface area contributed by atoms with E-state index in [4.69, 9.17) is 28.0 Å². The van der Waals surface area contributed by atoms with E-state index in [0.717, 1.165) is 55.6 Å². The molecule has 420 valence electrons. The van der Waals surface area contributed by atoms with Gasteiger partial charge >= 0.3 is 25.9 Å². The number of carbonyl (C=O) groups excluding carboxylic acids is 6. The number of esters is 2. The van der Waals surface area contributed by atoms with Gasteiger partial charge in [-0.3, -0.25) is 37.9 Å². The van der Waals surface area contributed by atoms with E-state index in [2.05, 4.69) is 24.5 Å². The third kappa shape index (κ3) is 43.1. The lowest BCUT2D eigenvalue weighted by atomic mass is 10.0. The average molecular weight is 1050 g/mol. The van der Waals surface area contributed by atoms with Gasteiger partial charge in [0.2, 0.25) is 5.91 Å². The summed E-state index contributed by atoms with van der Waals surface area (Å²) in [5, 5.41) is 4.97. The number of imide groups is 1. The highest BCUT2D eigenvalue weighted by Crippen LogP contribution is 2.43. The van der Waals surface area contributed by atoms with Crippen molar-refractivity contribution in [2.24, 2.45) is 0 Å². The summed E-state index contributed by atoms with van der Waals surface area (Å²) < 4.78 is 44.1. The number of phosphoric acid groups is 1. The first-order valence-corrected chi connectivity index (χ1v) is 29.2. The summed E-state index contributed by atoms with van der Waals surface area (Å²) >= 11 is 0. The molecule has 0 aromatic carbocycles. The Bertz CT molecular complexity index is 1470. The highest BCUT2D eigenvalue weighted by Gasteiger charge is 2.27. The van der Waals surface area contributed by atoms with Crippen molar-refractivity contribution < 1.29 is 66.2 Å². The lowest BCUT2D eigenvalue weighted by Crippen LogP contribution is -2.35. The van der Waals surface area contributed by atoms with Gasteiger partial charge in [-0.05, 0) is 12.8 Å². The van der Waals surface area contributed by atoms with Crippen LogP contribution in [0.2, 0.25) is 0 Å². The Hall–Kier alpha value is -3.37. The number of unbranched alkanes of at least 4 members (excludes halogenated alkanes) is 28. The van der Waals surface area contributed by atoms with Crippen LogP contribution in [0.15, 0.2) is 12.2 Å². The molecule has 72 heavy (non-hydrogen) atoms. The number of hydrogen-bond donors (Lipinski definition) is 3. The molecule has 2 atom stereocenters. The topological polar surface area (TPSA) is 222 Å². The van der Waals surface area contributed by atoms with E-state index < -0.39 is 57.0 Å². The molecule has 0 saturated heterocycles. The van der Waals surface area contributed by atoms with Crippen molar-refractivity contribution in [3.8, 4) is 0 Å². The lowest BCUT2D eigenvalue weighted by Gasteiger charge is -2.20. The molecule has 3 N–H and O–H groups in total. The monoisotopic (exact) mass is 1050 g/mol. The molecule has 17 nitrogen and oxygen atoms in total. The van der Waals surface area contributed by atoms with Crippen LogP contribution >= 0.6 is 7.82 Å². The predicted octanol–water partition coefficient (Wildman–Crippen LogP) is 11.9. The van der Waals surface area contributed by atoms with Crippen molar-refractivity contribution in [3.05, 3.63) is 12.2 Å². The normalized spacial score (nSPS) is 13.4. The molecule has 0 bridgehead atoms. The van der Waals surface area contributed by atoms with Crippen molar-refractivity contribution in [1.29, 1.82) is 0 Å². The van der Waals surface area contributed by atoms with E-state index in [1.165, 1.54) is 141 Å². The van der Waals surface area contributed by atoms with E-state index in [-0.39, 0.29) is 78.7 Å². The van der Waals surface area contributed by atoms with Gasteiger partial charge < -0.3 is 34.5 Å². The molecule has 0 aliphatic carbocycles. The number of rotatable bonds is 51. The molecular weight excluding hydrogens is 946 g/mol. The number of amides is 4. The van der Waals surface area contributed by atoms with Crippen LogP contribution in [0.3, 0.4) is 0 Å². The van der Waals surface area contributed by atoms with Crippen LogP contribution in [0.4, 0.5) is 4.79 Å². The fourth-order valence-electron chi connectivity index (χ4n) is 7.99. The summed E-state index contributed by atoms with van der Waals surface area (Å²) in [4.78, 5) is 83.8. The Morgan fingerprint density at radius 2 is 0.958 bits per heavy atom. The zero-order valence-electron chi connectivity index (χ0n) is 44.1. The fourth-order valence-corrected chi connectivity index (χ4v) is 8.74. The Labute approximate surface area is 434 Å². The van der Waals surface area contributed by atoms with Gasteiger partial charge in [0.25, 0.3) is 11.8 Å². The molecule has 0 aromatic rings. The Balaban J connectivity index is 0.0000504. The number of carbonyl (C=O) groups is 6. The molecule has 0 aromatic heterocycles. The second-order valence-corrected chi connectivity index (χ2v) is 20.2. The number of nitrogens with one attached hydrogen (secondary N) is 2. The second kappa shape index (κ2) is 48.6. The van der Waals surface area contributed by atoms with E-state index in [1.807, 2.05) is 0 Å². The van der Waals surface area contributed by atoms with Crippen molar-refractivity contribution in [2.75, 3.05) is 59.3 Å². The standard InChI is InChI=1S/C53H96N3O14P.CH4/c1-3-5-7-9-11-13-15-17-19-21-23-25-27-29-31-33-51(60)67-45-47(70-52(61)34-32-30-28-26-24-22-20-18-16-14-12-10-8-6-4-2)46-69-71(63,64)68-42-39-55-53(62)66-44-43-65-41-38-54-48(57)37-40-56-49(58)35-36-50(56)59;/h35-36,47H,3-34,37-46H2,1-2H3,(H,54,57)(H,55,62)(H,63,64);1H4/t47-;/m1./s1. The van der Waals surface area contributed by atoms with Crippen molar-refractivity contribution in [3.63, 3.8) is 0 Å². The number of nitrogens with zero attached hydrogens (tertiary/aromatic N) is 1. The third-order valence-electron chi connectivity index (χ3n) is 12.2. The molecular formula is C54H100N3O14P.